The normalized spacial score (nSPS) is 14.8. The third-order valence-corrected chi connectivity index (χ3v) is 5.25. The molecule has 0 bridgehead atoms. The molecule has 3 aromatic rings. The molecule has 1 aromatic heterocycles. The SMILES string of the molecule is O=C(Cc1ccccc1)N[C@@H](Cc1cc(=O)[nH]c(N2CCOCC2)n1)c1ccccc1. The van der Waals surface area contributed by atoms with E-state index in [4.69, 9.17) is 4.74 Å². The smallest absolute Gasteiger partial charge is 0.252 e. The zero-order valence-electron chi connectivity index (χ0n) is 17.3. The van der Waals surface area contributed by atoms with Crippen LogP contribution in [0.15, 0.2) is 71.5 Å². The van der Waals surface area contributed by atoms with Gasteiger partial charge in [-0.05, 0) is 11.1 Å². The molecule has 1 fully saturated rings. The van der Waals surface area contributed by atoms with E-state index in [9.17, 15) is 9.59 Å². The standard InChI is InChI=1S/C24H26N4O3/c29-22(15-18-7-3-1-4-8-18)26-21(19-9-5-2-6-10-19)16-20-17-23(30)27-24(25-20)28-11-13-31-14-12-28/h1-10,17,21H,11-16H2,(H,26,29)(H,25,27,30)/t21-/m0/s1. The number of ether oxygens (including phenoxy) is 1. The molecule has 4 rings (SSSR count). The first-order chi connectivity index (χ1) is 15.2. The number of aromatic amines is 1. The number of benzene rings is 2. The van der Waals surface area contributed by atoms with Gasteiger partial charge in [0.05, 0.1) is 31.4 Å². The zero-order valence-corrected chi connectivity index (χ0v) is 17.3. The van der Waals surface area contributed by atoms with Crippen LogP contribution in [0, 0.1) is 0 Å². The van der Waals surface area contributed by atoms with E-state index in [1.165, 1.54) is 6.07 Å². The summed E-state index contributed by atoms with van der Waals surface area (Å²) in [5, 5.41) is 3.12. The number of H-pyrrole nitrogens is 1. The highest BCUT2D eigenvalue weighted by Crippen LogP contribution is 2.19. The zero-order chi connectivity index (χ0) is 21.5. The van der Waals surface area contributed by atoms with E-state index in [2.05, 4.69) is 15.3 Å². The van der Waals surface area contributed by atoms with Gasteiger partial charge in [0.1, 0.15) is 0 Å². The minimum atomic E-state index is -0.288. The number of hydrogen-bond acceptors (Lipinski definition) is 5. The van der Waals surface area contributed by atoms with Gasteiger partial charge in [-0.2, -0.15) is 0 Å². The summed E-state index contributed by atoms with van der Waals surface area (Å²) in [7, 11) is 0. The minimum Gasteiger partial charge on any atom is -0.378 e. The quantitative estimate of drug-likeness (QED) is 0.615. The van der Waals surface area contributed by atoms with Crippen LogP contribution in [0.1, 0.15) is 22.9 Å². The largest absolute Gasteiger partial charge is 0.378 e. The molecular formula is C24H26N4O3. The number of nitrogens with one attached hydrogen (secondary N) is 2. The topological polar surface area (TPSA) is 87.3 Å². The Hall–Kier alpha value is -3.45. The maximum absolute atomic E-state index is 12.7. The second-order valence-corrected chi connectivity index (χ2v) is 7.56. The number of amides is 1. The fourth-order valence-electron chi connectivity index (χ4n) is 3.70. The summed E-state index contributed by atoms with van der Waals surface area (Å²) >= 11 is 0. The summed E-state index contributed by atoms with van der Waals surface area (Å²) < 4.78 is 5.39. The first kappa shape index (κ1) is 20.8. The highest BCUT2D eigenvalue weighted by molar-refractivity contribution is 5.79. The van der Waals surface area contributed by atoms with Gasteiger partial charge in [0.25, 0.3) is 5.56 Å². The maximum atomic E-state index is 12.7. The average Bonchev–Trinajstić information content (AvgIpc) is 2.80. The van der Waals surface area contributed by atoms with E-state index in [1.807, 2.05) is 65.6 Å². The highest BCUT2D eigenvalue weighted by atomic mass is 16.5. The molecule has 31 heavy (non-hydrogen) atoms. The van der Waals surface area contributed by atoms with Gasteiger partial charge >= 0.3 is 0 Å². The van der Waals surface area contributed by atoms with Crippen molar-refractivity contribution in [2.45, 2.75) is 18.9 Å². The summed E-state index contributed by atoms with van der Waals surface area (Å²) in [4.78, 5) is 34.6. The second kappa shape index (κ2) is 10.0. The van der Waals surface area contributed by atoms with Crippen molar-refractivity contribution in [1.82, 2.24) is 15.3 Å². The number of aromatic nitrogens is 2. The van der Waals surface area contributed by atoms with E-state index >= 15 is 0 Å². The van der Waals surface area contributed by atoms with Gasteiger partial charge in [-0.15, -0.1) is 0 Å². The molecule has 160 valence electrons. The summed E-state index contributed by atoms with van der Waals surface area (Å²) in [6.45, 7) is 2.58. The molecule has 0 saturated carbocycles. The second-order valence-electron chi connectivity index (χ2n) is 7.56. The lowest BCUT2D eigenvalue weighted by atomic mass is 10.0. The molecule has 2 aromatic carbocycles. The Morgan fingerprint density at radius 2 is 1.74 bits per heavy atom. The van der Waals surface area contributed by atoms with Crippen LogP contribution in [-0.2, 0) is 22.4 Å². The minimum absolute atomic E-state index is 0.0710. The summed E-state index contributed by atoms with van der Waals surface area (Å²) in [5.74, 6) is 0.478. The third kappa shape index (κ3) is 5.79. The van der Waals surface area contributed by atoms with E-state index in [0.29, 0.717) is 50.8 Å². The van der Waals surface area contributed by atoms with Crippen LogP contribution in [-0.4, -0.2) is 42.2 Å². The Balaban J connectivity index is 1.54. The van der Waals surface area contributed by atoms with Gasteiger partial charge in [-0.1, -0.05) is 60.7 Å². The van der Waals surface area contributed by atoms with Crippen LogP contribution >= 0.6 is 0 Å². The third-order valence-electron chi connectivity index (χ3n) is 5.25. The van der Waals surface area contributed by atoms with Gasteiger partial charge in [-0.25, -0.2) is 4.98 Å². The lowest BCUT2D eigenvalue weighted by Gasteiger charge is -2.27. The van der Waals surface area contributed by atoms with Crippen LogP contribution in [0.4, 0.5) is 5.95 Å². The van der Waals surface area contributed by atoms with Crippen molar-refractivity contribution < 1.29 is 9.53 Å². The Bertz CT molecular complexity index is 1050. The van der Waals surface area contributed by atoms with Crippen molar-refractivity contribution >= 4 is 11.9 Å². The molecular weight excluding hydrogens is 392 g/mol. The molecule has 2 heterocycles. The van der Waals surface area contributed by atoms with Gasteiger partial charge in [0.15, 0.2) is 0 Å². The van der Waals surface area contributed by atoms with Crippen LogP contribution < -0.4 is 15.8 Å². The number of carbonyl (C=O) groups excluding carboxylic acids is 1. The Morgan fingerprint density at radius 1 is 1.06 bits per heavy atom. The van der Waals surface area contributed by atoms with Gasteiger partial charge < -0.3 is 15.0 Å². The van der Waals surface area contributed by atoms with Crippen molar-refractivity contribution in [2.24, 2.45) is 0 Å². The molecule has 0 aliphatic carbocycles. The van der Waals surface area contributed by atoms with Crippen LogP contribution in [0.5, 0.6) is 0 Å². The molecule has 0 unspecified atom stereocenters. The molecule has 1 aliphatic rings. The van der Waals surface area contributed by atoms with Crippen molar-refractivity contribution in [3.63, 3.8) is 0 Å². The van der Waals surface area contributed by atoms with Crippen molar-refractivity contribution in [3.8, 4) is 0 Å². The number of anilines is 1. The van der Waals surface area contributed by atoms with Crippen molar-refractivity contribution in [2.75, 3.05) is 31.2 Å². The highest BCUT2D eigenvalue weighted by Gasteiger charge is 2.19. The molecule has 0 radical (unpaired) electrons. The summed E-state index contributed by atoms with van der Waals surface area (Å²) in [6.07, 6.45) is 0.720. The molecule has 1 aliphatic heterocycles. The van der Waals surface area contributed by atoms with Crippen LogP contribution in [0.3, 0.4) is 0 Å². The monoisotopic (exact) mass is 418 g/mol. The van der Waals surface area contributed by atoms with Gasteiger partial charge in [0.2, 0.25) is 11.9 Å². The van der Waals surface area contributed by atoms with E-state index in [0.717, 1.165) is 11.1 Å². The van der Waals surface area contributed by atoms with E-state index < -0.39 is 0 Å². The summed E-state index contributed by atoms with van der Waals surface area (Å²) in [6, 6.07) is 20.6. The lowest BCUT2D eigenvalue weighted by Crippen LogP contribution is -2.38. The molecule has 1 amide bonds. The Kier molecular flexibility index (Phi) is 6.74. The summed E-state index contributed by atoms with van der Waals surface area (Å²) in [5.41, 5.74) is 2.36. The van der Waals surface area contributed by atoms with E-state index in [1.54, 1.807) is 0 Å². The number of nitrogens with zero attached hydrogens (tertiary/aromatic N) is 2. The molecule has 1 saturated heterocycles. The van der Waals surface area contributed by atoms with E-state index in [-0.39, 0.29) is 17.5 Å². The van der Waals surface area contributed by atoms with Crippen molar-refractivity contribution in [3.05, 3.63) is 93.9 Å². The van der Waals surface area contributed by atoms with Crippen LogP contribution in [0.2, 0.25) is 0 Å². The Labute approximate surface area is 181 Å². The first-order valence-electron chi connectivity index (χ1n) is 10.5. The number of morpholine rings is 1. The van der Waals surface area contributed by atoms with Gasteiger partial charge in [0, 0.05) is 25.6 Å². The average molecular weight is 418 g/mol. The molecule has 7 nitrogen and oxygen atoms in total. The lowest BCUT2D eigenvalue weighted by molar-refractivity contribution is -0.121. The Morgan fingerprint density at radius 3 is 2.45 bits per heavy atom. The van der Waals surface area contributed by atoms with Crippen LogP contribution in [0.25, 0.3) is 0 Å². The molecule has 1 atom stereocenters. The van der Waals surface area contributed by atoms with Gasteiger partial charge in [-0.3, -0.25) is 14.6 Å². The fraction of sp³-hybridized carbons (Fsp3) is 0.292. The molecule has 2 N–H and O–H groups in total. The van der Waals surface area contributed by atoms with Crippen molar-refractivity contribution in [1.29, 1.82) is 0 Å². The predicted molar refractivity (Wildman–Crippen MR) is 119 cm³/mol. The maximum Gasteiger partial charge on any atom is 0.252 e. The first-order valence-corrected chi connectivity index (χ1v) is 10.5. The fourth-order valence-corrected chi connectivity index (χ4v) is 3.70. The number of carbonyl (C=O) groups is 1. The molecule has 0 spiro atoms. The predicted octanol–water partition coefficient (Wildman–Crippen LogP) is 2.25. The number of rotatable bonds is 7. The molecule has 7 heteroatoms. The number of hydrogen-bond donors (Lipinski definition) is 2.